The fourth-order valence-corrected chi connectivity index (χ4v) is 5.64. The van der Waals surface area contributed by atoms with Crippen LogP contribution in [0.1, 0.15) is 90.9 Å². The quantitative estimate of drug-likeness (QED) is 0.128. The van der Waals surface area contributed by atoms with Crippen molar-refractivity contribution in [3.05, 3.63) is 0 Å². The van der Waals surface area contributed by atoms with Gasteiger partial charge in [0, 0.05) is 0 Å². The third-order valence-corrected chi connectivity index (χ3v) is 8.28. The number of hydrogen-bond acceptors (Lipinski definition) is 8. The van der Waals surface area contributed by atoms with Crippen molar-refractivity contribution in [2.75, 3.05) is 26.4 Å². The summed E-state index contributed by atoms with van der Waals surface area (Å²) in [5, 5.41) is 0. The molecule has 0 amide bonds. The van der Waals surface area contributed by atoms with Gasteiger partial charge < -0.3 is 9.79 Å². The molecule has 31 heavy (non-hydrogen) atoms. The second-order valence-corrected chi connectivity index (χ2v) is 11.9. The molecule has 0 radical (unpaired) electrons. The Morgan fingerprint density at radius 3 is 1.39 bits per heavy atom. The number of phosphoric acid groups is 2. The Balaban J connectivity index is 0.00000127. The third kappa shape index (κ3) is 22.3. The van der Waals surface area contributed by atoms with Crippen molar-refractivity contribution < 1.29 is 60.9 Å². The SMILES string of the molecule is CCCCCCCCOP(=O)(O)OP(=O)(O)OCCCCCCCC.[O]=[Ti]1[O]CC[O]1. The van der Waals surface area contributed by atoms with Crippen LogP contribution in [-0.2, 0) is 51.1 Å². The molecule has 0 aromatic heterocycles. The van der Waals surface area contributed by atoms with Gasteiger partial charge in [0.2, 0.25) is 0 Å². The molecule has 186 valence electrons. The molecule has 1 aliphatic rings. The fourth-order valence-electron chi connectivity index (χ4n) is 2.59. The topological polar surface area (TPSA) is 138 Å². The van der Waals surface area contributed by atoms with Gasteiger partial charge in [0.15, 0.2) is 0 Å². The average molecular weight is 526 g/mol. The van der Waals surface area contributed by atoms with Gasteiger partial charge in [0.1, 0.15) is 0 Å². The molecule has 1 fully saturated rings. The Morgan fingerprint density at radius 2 is 1.06 bits per heavy atom. The summed E-state index contributed by atoms with van der Waals surface area (Å²) in [6, 6.07) is 0. The Morgan fingerprint density at radius 1 is 0.710 bits per heavy atom. The Kier molecular flexibility index (Phi) is 20.6. The van der Waals surface area contributed by atoms with Gasteiger partial charge in [0.05, 0.1) is 13.2 Å². The minimum atomic E-state index is -4.58. The summed E-state index contributed by atoms with van der Waals surface area (Å²) in [7, 11) is -9.17. The maximum absolute atomic E-state index is 11.7. The molecule has 13 heteroatoms. The maximum atomic E-state index is 11.7. The molecular formula is C18H40O10P2Ti. The monoisotopic (exact) mass is 526 g/mol. The van der Waals surface area contributed by atoms with E-state index < -0.39 is 34.3 Å². The van der Waals surface area contributed by atoms with E-state index in [0.29, 0.717) is 26.1 Å². The van der Waals surface area contributed by atoms with E-state index in [9.17, 15) is 22.2 Å². The van der Waals surface area contributed by atoms with Gasteiger partial charge in [0.25, 0.3) is 0 Å². The van der Waals surface area contributed by atoms with Crippen LogP contribution < -0.4 is 0 Å². The molecule has 2 atom stereocenters. The number of unbranched alkanes of at least 4 members (excludes halogenated alkanes) is 10. The van der Waals surface area contributed by atoms with Gasteiger partial charge in [-0.05, 0) is 12.8 Å². The van der Waals surface area contributed by atoms with Gasteiger partial charge in [-0.2, -0.15) is 4.31 Å². The van der Waals surface area contributed by atoms with Crippen LogP contribution in [0.15, 0.2) is 0 Å². The molecule has 2 N–H and O–H groups in total. The molecule has 0 aromatic rings. The zero-order valence-electron chi connectivity index (χ0n) is 18.9. The van der Waals surface area contributed by atoms with E-state index >= 15 is 0 Å². The normalized spacial score (nSPS) is 17.6. The molecule has 1 rings (SSSR count). The van der Waals surface area contributed by atoms with Gasteiger partial charge in [-0.25, -0.2) is 9.13 Å². The van der Waals surface area contributed by atoms with E-state index in [1.165, 1.54) is 12.8 Å². The van der Waals surface area contributed by atoms with Crippen LogP contribution >= 0.6 is 15.6 Å². The van der Waals surface area contributed by atoms with Crippen LogP contribution in [-0.4, -0.2) is 36.2 Å². The number of hydrogen-bond donors (Lipinski definition) is 2. The zero-order chi connectivity index (χ0) is 23.4. The number of rotatable bonds is 18. The Hall–Kier alpha value is 0.694. The van der Waals surface area contributed by atoms with E-state index in [2.05, 4.69) is 24.8 Å². The van der Waals surface area contributed by atoms with E-state index in [4.69, 9.17) is 9.05 Å². The summed E-state index contributed by atoms with van der Waals surface area (Å²) >= 11 is -2.52. The Labute approximate surface area is 193 Å². The van der Waals surface area contributed by atoms with Crippen LogP contribution in [0, 0.1) is 0 Å². The zero-order valence-corrected chi connectivity index (χ0v) is 22.2. The van der Waals surface area contributed by atoms with Gasteiger partial charge >= 0.3 is 57.4 Å². The molecule has 0 aliphatic carbocycles. The molecule has 0 bridgehead atoms. The molecule has 0 aromatic carbocycles. The summed E-state index contributed by atoms with van der Waals surface area (Å²) in [5.74, 6) is 0. The molecule has 1 saturated heterocycles. The van der Waals surface area contributed by atoms with Crippen molar-refractivity contribution in [2.24, 2.45) is 0 Å². The van der Waals surface area contributed by atoms with Crippen molar-refractivity contribution in [1.82, 2.24) is 0 Å². The summed E-state index contributed by atoms with van der Waals surface area (Å²) in [6.45, 7) is 5.33. The van der Waals surface area contributed by atoms with E-state index in [-0.39, 0.29) is 13.2 Å². The van der Waals surface area contributed by atoms with Gasteiger partial charge in [-0.1, -0.05) is 78.1 Å². The Bertz CT molecular complexity index is 505. The molecule has 2 unspecified atom stereocenters. The number of phosphoric ester groups is 2. The summed E-state index contributed by atoms with van der Waals surface area (Å²) in [5.41, 5.74) is 0. The second-order valence-electron chi connectivity index (χ2n) is 7.17. The third-order valence-electron chi connectivity index (χ3n) is 4.23. The van der Waals surface area contributed by atoms with Crippen molar-refractivity contribution >= 4 is 15.6 Å². The first-order valence-corrected chi connectivity index (χ1v) is 16.1. The molecule has 1 aliphatic heterocycles. The van der Waals surface area contributed by atoms with Crippen molar-refractivity contribution in [3.63, 3.8) is 0 Å². The average Bonchev–Trinajstić information content (AvgIpc) is 3.17. The molecule has 10 nitrogen and oxygen atoms in total. The van der Waals surface area contributed by atoms with Crippen LogP contribution in [0.25, 0.3) is 0 Å². The first-order chi connectivity index (χ1) is 14.7. The van der Waals surface area contributed by atoms with Crippen molar-refractivity contribution in [1.29, 1.82) is 0 Å². The second kappa shape index (κ2) is 20.1. The van der Waals surface area contributed by atoms with Crippen molar-refractivity contribution in [3.8, 4) is 0 Å². The van der Waals surface area contributed by atoms with Crippen LogP contribution in [0.5, 0.6) is 0 Å². The first kappa shape index (κ1) is 31.7. The van der Waals surface area contributed by atoms with E-state index in [0.717, 1.165) is 51.4 Å². The first-order valence-electron chi connectivity index (χ1n) is 11.2. The molecular weight excluding hydrogens is 486 g/mol. The van der Waals surface area contributed by atoms with E-state index in [1.807, 2.05) is 0 Å². The predicted octanol–water partition coefficient (Wildman–Crippen LogP) is 5.78. The molecule has 0 saturated carbocycles. The van der Waals surface area contributed by atoms with Crippen LogP contribution in [0.2, 0.25) is 0 Å². The predicted molar refractivity (Wildman–Crippen MR) is 112 cm³/mol. The minimum absolute atomic E-state index is 0.0112. The summed E-state index contributed by atoms with van der Waals surface area (Å²) in [6.07, 6.45) is 11.9. The fraction of sp³-hybridized carbons (Fsp3) is 1.00. The molecule has 1 heterocycles. The standard InChI is InChI=1S/C16H36O7P2.C2H4O2.O.Ti/c1-3-5-7-9-11-13-15-21-24(17,18)23-25(19,20)22-16-14-12-10-8-6-4-2;3-1-2-4;;/h3-16H2,1-2H3,(H,17,18)(H,19,20);1-2H2;;/q;-2;;+2. The summed E-state index contributed by atoms with van der Waals surface area (Å²) < 4.78 is 56.2. The van der Waals surface area contributed by atoms with Crippen molar-refractivity contribution in [2.45, 2.75) is 90.9 Å². The van der Waals surface area contributed by atoms with Gasteiger partial charge in [-0.15, -0.1) is 0 Å². The molecule has 0 spiro atoms. The summed E-state index contributed by atoms with van der Waals surface area (Å²) in [4.78, 5) is 19.0. The van der Waals surface area contributed by atoms with E-state index in [1.54, 1.807) is 0 Å². The van der Waals surface area contributed by atoms with Crippen LogP contribution in [0.4, 0.5) is 0 Å². The van der Waals surface area contributed by atoms with Gasteiger partial charge in [-0.3, -0.25) is 9.05 Å². The van der Waals surface area contributed by atoms with Crippen LogP contribution in [0.3, 0.4) is 0 Å².